The zero-order chi connectivity index (χ0) is 15.7. The van der Waals surface area contributed by atoms with Crippen LogP contribution in [-0.4, -0.2) is 35.1 Å². The lowest BCUT2D eigenvalue weighted by Crippen LogP contribution is -2.38. The van der Waals surface area contributed by atoms with E-state index in [1.807, 2.05) is 4.90 Å². The Morgan fingerprint density at radius 2 is 1.90 bits per heavy atom. The average molecular weight is 310 g/mol. The van der Waals surface area contributed by atoms with Crippen LogP contribution in [0.4, 0.5) is 0 Å². The largest absolute Gasteiger partial charge is 0.480 e. The molecule has 2 unspecified atom stereocenters. The standard InChI is InChI=1S/C17H24ClNO2/c1-10-8-11(2)13(4)16(12(10)3)14(18)9-19-7-5-6-15(19)17(20)21/h8,14-15H,5-7,9H2,1-4H3,(H,20,21). The van der Waals surface area contributed by atoms with Gasteiger partial charge in [0.25, 0.3) is 0 Å². The van der Waals surface area contributed by atoms with Crippen molar-refractivity contribution >= 4 is 17.6 Å². The number of hydrogen-bond donors (Lipinski definition) is 1. The number of carboxylic acids is 1. The van der Waals surface area contributed by atoms with E-state index in [1.165, 1.54) is 27.8 Å². The van der Waals surface area contributed by atoms with Gasteiger partial charge in [-0.1, -0.05) is 6.07 Å². The summed E-state index contributed by atoms with van der Waals surface area (Å²) in [6, 6.07) is 1.81. The fourth-order valence-corrected chi connectivity index (χ4v) is 3.84. The highest BCUT2D eigenvalue weighted by Crippen LogP contribution is 2.33. The van der Waals surface area contributed by atoms with E-state index in [0.29, 0.717) is 6.54 Å². The Labute approximate surface area is 131 Å². The van der Waals surface area contributed by atoms with Crippen molar-refractivity contribution in [3.05, 3.63) is 33.9 Å². The van der Waals surface area contributed by atoms with Gasteiger partial charge >= 0.3 is 5.97 Å². The molecule has 0 bridgehead atoms. The highest BCUT2D eigenvalue weighted by atomic mass is 35.5. The molecule has 1 fully saturated rings. The van der Waals surface area contributed by atoms with Crippen molar-refractivity contribution in [3.8, 4) is 0 Å². The number of hydrogen-bond acceptors (Lipinski definition) is 2. The third-order valence-corrected chi connectivity index (χ3v) is 5.14. The number of alkyl halides is 1. The van der Waals surface area contributed by atoms with E-state index in [4.69, 9.17) is 11.6 Å². The molecule has 0 saturated carbocycles. The van der Waals surface area contributed by atoms with E-state index in [1.54, 1.807) is 0 Å². The van der Waals surface area contributed by atoms with Crippen LogP contribution >= 0.6 is 11.6 Å². The normalized spacial score (nSPS) is 20.7. The van der Waals surface area contributed by atoms with Gasteiger partial charge < -0.3 is 5.11 Å². The average Bonchev–Trinajstić information content (AvgIpc) is 2.85. The third-order valence-electron chi connectivity index (χ3n) is 4.78. The fourth-order valence-electron chi connectivity index (χ4n) is 3.34. The second-order valence-corrected chi connectivity index (χ2v) is 6.66. The molecule has 0 amide bonds. The number of aliphatic carboxylic acids is 1. The van der Waals surface area contributed by atoms with E-state index >= 15 is 0 Å². The van der Waals surface area contributed by atoms with Gasteiger partial charge in [-0.25, -0.2) is 0 Å². The van der Waals surface area contributed by atoms with Crippen LogP contribution in [0.15, 0.2) is 6.07 Å². The van der Waals surface area contributed by atoms with Gasteiger partial charge in [0.1, 0.15) is 6.04 Å². The lowest BCUT2D eigenvalue weighted by Gasteiger charge is -2.26. The van der Waals surface area contributed by atoms with Gasteiger partial charge in [0.2, 0.25) is 0 Å². The molecule has 1 aromatic rings. The first-order valence-electron chi connectivity index (χ1n) is 7.51. The predicted molar refractivity (Wildman–Crippen MR) is 86.2 cm³/mol. The number of carbonyl (C=O) groups is 1. The van der Waals surface area contributed by atoms with Crippen LogP contribution in [0.1, 0.15) is 46.0 Å². The minimum Gasteiger partial charge on any atom is -0.480 e. The molecule has 116 valence electrons. The van der Waals surface area contributed by atoms with Crippen molar-refractivity contribution in [1.82, 2.24) is 4.90 Å². The highest BCUT2D eigenvalue weighted by Gasteiger charge is 2.32. The number of rotatable bonds is 4. The summed E-state index contributed by atoms with van der Waals surface area (Å²) in [6.07, 6.45) is 1.66. The quantitative estimate of drug-likeness (QED) is 0.861. The van der Waals surface area contributed by atoms with Gasteiger partial charge in [0.05, 0.1) is 5.38 Å². The second kappa shape index (κ2) is 6.37. The number of nitrogens with zero attached hydrogens (tertiary/aromatic N) is 1. The summed E-state index contributed by atoms with van der Waals surface area (Å²) >= 11 is 6.68. The minimum atomic E-state index is -0.731. The summed E-state index contributed by atoms with van der Waals surface area (Å²) in [6.45, 7) is 9.83. The molecule has 1 aliphatic rings. The monoisotopic (exact) mass is 309 g/mol. The van der Waals surface area contributed by atoms with E-state index < -0.39 is 5.97 Å². The first-order chi connectivity index (χ1) is 9.82. The topological polar surface area (TPSA) is 40.5 Å². The SMILES string of the molecule is Cc1cc(C)c(C)c(C(Cl)CN2CCCC2C(=O)O)c1C. The first kappa shape index (κ1) is 16.3. The molecule has 1 saturated heterocycles. The fraction of sp³-hybridized carbons (Fsp3) is 0.588. The van der Waals surface area contributed by atoms with E-state index in [2.05, 4.69) is 33.8 Å². The summed E-state index contributed by atoms with van der Waals surface area (Å²) in [5, 5.41) is 9.12. The first-order valence-corrected chi connectivity index (χ1v) is 7.94. The predicted octanol–water partition coefficient (Wildman–Crippen LogP) is 3.75. The van der Waals surface area contributed by atoms with E-state index in [0.717, 1.165) is 19.4 Å². The highest BCUT2D eigenvalue weighted by molar-refractivity contribution is 6.21. The summed E-state index contributed by atoms with van der Waals surface area (Å²) in [4.78, 5) is 13.3. The van der Waals surface area contributed by atoms with Gasteiger partial charge in [-0.2, -0.15) is 0 Å². The Hall–Kier alpha value is -1.06. The van der Waals surface area contributed by atoms with Crippen LogP contribution in [0.25, 0.3) is 0 Å². The van der Waals surface area contributed by atoms with Crippen molar-refractivity contribution in [1.29, 1.82) is 0 Å². The molecular formula is C17H24ClNO2. The number of carboxylic acid groups (broad SMARTS) is 1. The molecular weight excluding hydrogens is 286 g/mol. The van der Waals surface area contributed by atoms with Crippen LogP contribution < -0.4 is 0 Å². The van der Waals surface area contributed by atoms with Gasteiger partial charge in [0, 0.05) is 6.54 Å². The maximum Gasteiger partial charge on any atom is 0.320 e. The molecule has 3 nitrogen and oxygen atoms in total. The Bertz CT molecular complexity index is 530. The van der Waals surface area contributed by atoms with Crippen LogP contribution in [0.3, 0.4) is 0 Å². The molecule has 0 aliphatic carbocycles. The maximum atomic E-state index is 11.3. The molecule has 1 N–H and O–H groups in total. The van der Waals surface area contributed by atoms with Crippen molar-refractivity contribution in [2.24, 2.45) is 0 Å². The van der Waals surface area contributed by atoms with Crippen molar-refractivity contribution in [3.63, 3.8) is 0 Å². The summed E-state index contributed by atoms with van der Waals surface area (Å²) in [7, 11) is 0. The smallest absolute Gasteiger partial charge is 0.320 e. The molecule has 1 aromatic carbocycles. The van der Waals surface area contributed by atoms with E-state index in [9.17, 15) is 9.90 Å². The maximum absolute atomic E-state index is 11.3. The molecule has 21 heavy (non-hydrogen) atoms. The molecule has 0 spiro atoms. The van der Waals surface area contributed by atoms with Gasteiger partial charge in [-0.3, -0.25) is 9.69 Å². The van der Waals surface area contributed by atoms with Gasteiger partial charge in [0.15, 0.2) is 0 Å². The van der Waals surface area contributed by atoms with Gasteiger partial charge in [-0.05, 0) is 74.9 Å². The molecule has 1 heterocycles. The molecule has 0 radical (unpaired) electrons. The molecule has 4 heteroatoms. The van der Waals surface area contributed by atoms with Crippen LogP contribution in [0.5, 0.6) is 0 Å². The lowest BCUT2D eigenvalue weighted by atomic mass is 9.92. The second-order valence-electron chi connectivity index (χ2n) is 6.13. The zero-order valence-electron chi connectivity index (χ0n) is 13.2. The Morgan fingerprint density at radius 1 is 1.33 bits per heavy atom. The Morgan fingerprint density at radius 3 is 2.43 bits per heavy atom. The minimum absolute atomic E-state index is 0.163. The molecule has 2 rings (SSSR count). The summed E-state index contributed by atoms with van der Waals surface area (Å²) < 4.78 is 0. The van der Waals surface area contributed by atoms with Crippen molar-refractivity contribution in [2.75, 3.05) is 13.1 Å². The lowest BCUT2D eigenvalue weighted by molar-refractivity contribution is -0.142. The van der Waals surface area contributed by atoms with Crippen molar-refractivity contribution < 1.29 is 9.90 Å². The molecule has 2 atom stereocenters. The van der Waals surface area contributed by atoms with Crippen LogP contribution in [-0.2, 0) is 4.79 Å². The number of aryl methyl sites for hydroxylation is 2. The summed E-state index contributed by atoms with van der Waals surface area (Å²) in [5.41, 5.74) is 6.11. The number of likely N-dealkylation sites (tertiary alicyclic amines) is 1. The van der Waals surface area contributed by atoms with E-state index in [-0.39, 0.29) is 11.4 Å². The Kier molecular flexibility index (Phi) is 4.95. The van der Waals surface area contributed by atoms with Crippen LogP contribution in [0, 0.1) is 27.7 Å². The van der Waals surface area contributed by atoms with Crippen molar-refractivity contribution in [2.45, 2.75) is 52.0 Å². The third kappa shape index (κ3) is 3.24. The Balaban J connectivity index is 2.25. The number of halogens is 1. The van der Waals surface area contributed by atoms with Gasteiger partial charge in [-0.15, -0.1) is 11.6 Å². The number of benzene rings is 1. The zero-order valence-corrected chi connectivity index (χ0v) is 14.0. The molecule has 1 aliphatic heterocycles. The summed E-state index contributed by atoms with van der Waals surface area (Å²) in [5.74, 6) is -0.731. The van der Waals surface area contributed by atoms with Crippen LogP contribution in [0.2, 0.25) is 0 Å². The molecule has 0 aromatic heterocycles.